The Kier molecular flexibility index (Phi) is 4.19. The number of nitrogens with two attached hydrogens (primary N) is 1. The van der Waals surface area contributed by atoms with E-state index in [1.165, 1.54) is 0 Å². The lowest BCUT2D eigenvalue weighted by Crippen LogP contribution is -2.27. The van der Waals surface area contributed by atoms with Crippen LogP contribution in [0.4, 0.5) is 5.69 Å². The molecule has 0 aliphatic carbocycles. The molecular formula is C17H18N2O3S. The Morgan fingerprint density at radius 2 is 1.74 bits per heavy atom. The van der Waals surface area contributed by atoms with Crippen molar-refractivity contribution in [2.45, 2.75) is 6.42 Å². The second-order valence-corrected chi connectivity index (χ2v) is 7.48. The number of nitrogens with zero attached hydrogens (tertiary/aromatic N) is 1. The molecule has 1 atom stereocenters. The maximum Gasteiger partial charge on any atom is 0.227 e. The SMILES string of the molecule is NS(=O)(=O)CC1CC(=O)N(c2cccc(-c3ccccc3)c2)C1. The fourth-order valence-corrected chi connectivity index (χ4v) is 3.84. The van der Waals surface area contributed by atoms with Gasteiger partial charge in [-0.3, -0.25) is 4.79 Å². The highest BCUT2D eigenvalue weighted by Crippen LogP contribution is 2.29. The maximum atomic E-state index is 12.2. The molecule has 1 amide bonds. The van der Waals surface area contributed by atoms with Crippen molar-refractivity contribution < 1.29 is 13.2 Å². The smallest absolute Gasteiger partial charge is 0.227 e. The van der Waals surface area contributed by atoms with Gasteiger partial charge in [0.05, 0.1) is 5.75 Å². The molecule has 5 nitrogen and oxygen atoms in total. The Hall–Kier alpha value is -2.18. The lowest BCUT2D eigenvalue weighted by molar-refractivity contribution is -0.117. The van der Waals surface area contributed by atoms with Crippen LogP contribution < -0.4 is 10.0 Å². The molecule has 120 valence electrons. The van der Waals surface area contributed by atoms with Gasteiger partial charge in [0, 0.05) is 24.6 Å². The van der Waals surface area contributed by atoms with Crippen molar-refractivity contribution in [3.8, 4) is 11.1 Å². The fraction of sp³-hybridized carbons (Fsp3) is 0.235. The summed E-state index contributed by atoms with van der Waals surface area (Å²) in [4.78, 5) is 13.9. The summed E-state index contributed by atoms with van der Waals surface area (Å²) in [7, 11) is -3.57. The zero-order valence-corrected chi connectivity index (χ0v) is 13.4. The van der Waals surface area contributed by atoms with Gasteiger partial charge in [-0.15, -0.1) is 0 Å². The Bertz CT molecular complexity index is 819. The number of hydrogen-bond donors (Lipinski definition) is 1. The standard InChI is InChI=1S/C17H18N2O3S/c18-23(21,22)12-13-9-17(20)19(11-13)16-8-4-7-15(10-16)14-5-2-1-3-6-14/h1-8,10,13H,9,11-12H2,(H2,18,21,22). The van der Waals surface area contributed by atoms with Gasteiger partial charge >= 0.3 is 0 Å². The molecule has 1 fully saturated rings. The summed E-state index contributed by atoms with van der Waals surface area (Å²) in [6.07, 6.45) is 0.214. The minimum absolute atomic E-state index is 0.0659. The van der Waals surface area contributed by atoms with Crippen LogP contribution in [0.1, 0.15) is 6.42 Å². The summed E-state index contributed by atoms with van der Waals surface area (Å²) in [6.45, 7) is 0.382. The van der Waals surface area contributed by atoms with Gasteiger partial charge in [0.1, 0.15) is 0 Å². The number of amides is 1. The van der Waals surface area contributed by atoms with Gasteiger partial charge in [-0.1, -0.05) is 42.5 Å². The molecule has 3 rings (SSSR count). The molecule has 0 bridgehead atoms. The number of carbonyl (C=O) groups is 1. The van der Waals surface area contributed by atoms with Crippen molar-refractivity contribution in [2.24, 2.45) is 11.1 Å². The number of anilines is 1. The summed E-state index contributed by atoms with van der Waals surface area (Å²) in [6, 6.07) is 17.6. The van der Waals surface area contributed by atoms with Crippen LogP contribution in [0.2, 0.25) is 0 Å². The maximum absolute atomic E-state index is 12.2. The summed E-state index contributed by atoms with van der Waals surface area (Å²) < 4.78 is 22.4. The molecule has 2 aromatic carbocycles. The Labute approximate surface area is 135 Å². The van der Waals surface area contributed by atoms with E-state index in [2.05, 4.69) is 0 Å². The van der Waals surface area contributed by atoms with Crippen molar-refractivity contribution in [1.29, 1.82) is 0 Å². The van der Waals surface area contributed by atoms with Crippen molar-refractivity contribution in [1.82, 2.24) is 0 Å². The molecule has 1 aliphatic rings. The molecule has 0 aromatic heterocycles. The van der Waals surface area contributed by atoms with E-state index in [9.17, 15) is 13.2 Å². The van der Waals surface area contributed by atoms with Gasteiger partial charge in [0.25, 0.3) is 0 Å². The molecule has 6 heteroatoms. The first kappa shape index (κ1) is 15.7. The Morgan fingerprint density at radius 1 is 1.04 bits per heavy atom. The lowest BCUT2D eigenvalue weighted by atomic mass is 10.1. The third-order valence-electron chi connectivity index (χ3n) is 3.94. The van der Waals surface area contributed by atoms with Crippen molar-refractivity contribution in [2.75, 3.05) is 17.2 Å². The minimum Gasteiger partial charge on any atom is -0.312 e. The van der Waals surface area contributed by atoms with Crippen LogP contribution in [0.15, 0.2) is 54.6 Å². The molecule has 1 aliphatic heterocycles. The van der Waals surface area contributed by atoms with Gasteiger partial charge in [0.15, 0.2) is 0 Å². The number of hydrogen-bond acceptors (Lipinski definition) is 3. The van der Waals surface area contributed by atoms with E-state index >= 15 is 0 Å². The largest absolute Gasteiger partial charge is 0.312 e. The molecule has 0 spiro atoms. The van der Waals surface area contributed by atoms with Crippen LogP contribution in [-0.2, 0) is 14.8 Å². The van der Waals surface area contributed by atoms with Gasteiger partial charge in [-0.2, -0.15) is 0 Å². The quantitative estimate of drug-likeness (QED) is 0.931. The fourth-order valence-electron chi connectivity index (χ4n) is 2.96. The molecule has 0 radical (unpaired) electrons. The van der Waals surface area contributed by atoms with Crippen LogP contribution >= 0.6 is 0 Å². The van der Waals surface area contributed by atoms with Crippen molar-refractivity contribution in [3.05, 3.63) is 54.6 Å². The summed E-state index contributed by atoms with van der Waals surface area (Å²) in [5, 5.41) is 5.09. The van der Waals surface area contributed by atoms with Crippen LogP contribution in [0.5, 0.6) is 0 Å². The summed E-state index contributed by atoms with van der Waals surface area (Å²) >= 11 is 0. The first-order valence-electron chi connectivity index (χ1n) is 7.39. The van der Waals surface area contributed by atoms with E-state index < -0.39 is 10.0 Å². The second kappa shape index (κ2) is 6.14. The van der Waals surface area contributed by atoms with E-state index in [1.807, 2.05) is 54.6 Å². The normalized spacial score (nSPS) is 18.4. The van der Waals surface area contributed by atoms with Crippen LogP contribution in [-0.4, -0.2) is 26.6 Å². The predicted octanol–water partition coefficient (Wildman–Crippen LogP) is 2.00. The number of sulfonamides is 1. The number of carbonyl (C=O) groups excluding carboxylic acids is 1. The first-order chi connectivity index (χ1) is 10.9. The first-order valence-corrected chi connectivity index (χ1v) is 9.10. The molecule has 1 heterocycles. The number of rotatable bonds is 4. The van der Waals surface area contributed by atoms with Crippen molar-refractivity contribution >= 4 is 21.6 Å². The van der Waals surface area contributed by atoms with Crippen molar-refractivity contribution in [3.63, 3.8) is 0 Å². The molecule has 0 saturated carbocycles. The molecular weight excluding hydrogens is 312 g/mol. The number of primary sulfonamides is 1. The highest BCUT2D eigenvalue weighted by Gasteiger charge is 2.32. The van der Waals surface area contributed by atoms with Crippen LogP contribution in [0, 0.1) is 5.92 Å². The Balaban J connectivity index is 1.84. The van der Waals surface area contributed by atoms with E-state index in [1.54, 1.807) is 4.90 Å². The van der Waals surface area contributed by atoms with Gasteiger partial charge in [0.2, 0.25) is 15.9 Å². The van der Waals surface area contributed by atoms with Crippen LogP contribution in [0.25, 0.3) is 11.1 Å². The van der Waals surface area contributed by atoms with E-state index in [0.29, 0.717) is 6.54 Å². The summed E-state index contributed by atoms with van der Waals surface area (Å²) in [5.41, 5.74) is 2.88. The monoisotopic (exact) mass is 330 g/mol. The third kappa shape index (κ3) is 3.78. The molecule has 1 saturated heterocycles. The lowest BCUT2D eigenvalue weighted by Gasteiger charge is -2.17. The molecule has 2 N–H and O–H groups in total. The third-order valence-corrected chi connectivity index (χ3v) is 4.87. The van der Waals surface area contributed by atoms with Crippen LogP contribution in [0.3, 0.4) is 0 Å². The van der Waals surface area contributed by atoms with Gasteiger partial charge in [-0.25, -0.2) is 13.6 Å². The number of benzene rings is 2. The average molecular weight is 330 g/mol. The van der Waals surface area contributed by atoms with Gasteiger partial charge in [-0.05, 0) is 23.3 Å². The highest BCUT2D eigenvalue weighted by atomic mass is 32.2. The Morgan fingerprint density at radius 3 is 2.43 bits per heavy atom. The highest BCUT2D eigenvalue weighted by molar-refractivity contribution is 7.89. The topological polar surface area (TPSA) is 80.5 Å². The molecule has 23 heavy (non-hydrogen) atoms. The summed E-state index contributed by atoms with van der Waals surface area (Å²) in [5.74, 6) is -0.477. The second-order valence-electron chi connectivity index (χ2n) is 5.82. The zero-order valence-electron chi connectivity index (χ0n) is 12.6. The van der Waals surface area contributed by atoms with E-state index in [-0.39, 0.29) is 24.0 Å². The minimum atomic E-state index is -3.57. The van der Waals surface area contributed by atoms with E-state index in [4.69, 9.17) is 5.14 Å². The zero-order chi connectivity index (χ0) is 16.4. The molecule has 2 aromatic rings. The van der Waals surface area contributed by atoms with E-state index in [0.717, 1.165) is 16.8 Å². The average Bonchev–Trinajstić information content (AvgIpc) is 2.87. The molecule has 1 unspecified atom stereocenters. The predicted molar refractivity (Wildman–Crippen MR) is 90.3 cm³/mol. The van der Waals surface area contributed by atoms with Gasteiger partial charge < -0.3 is 4.90 Å².